The Morgan fingerprint density at radius 3 is 2.71 bits per heavy atom. The Labute approximate surface area is 106 Å². The molecule has 0 unspecified atom stereocenters. The van der Waals surface area contributed by atoms with E-state index in [-0.39, 0.29) is 0 Å². The highest BCUT2D eigenvalue weighted by atomic mass is 35.5. The Bertz CT molecular complexity index is 531. The van der Waals surface area contributed by atoms with Gasteiger partial charge in [-0.1, -0.05) is 17.7 Å². The lowest BCUT2D eigenvalue weighted by molar-refractivity contribution is 0.640. The second-order valence-electron chi connectivity index (χ2n) is 3.97. The van der Waals surface area contributed by atoms with Crippen molar-refractivity contribution in [2.45, 2.75) is 26.9 Å². The maximum absolute atomic E-state index is 5.98. The van der Waals surface area contributed by atoms with Gasteiger partial charge in [0.05, 0.1) is 6.20 Å². The van der Waals surface area contributed by atoms with Crippen LogP contribution in [0.4, 0.5) is 0 Å². The van der Waals surface area contributed by atoms with E-state index in [1.54, 1.807) is 0 Å². The van der Waals surface area contributed by atoms with Gasteiger partial charge < -0.3 is 5.73 Å². The number of halogens is 1. The van der Waals surface area contributed by atoms with Gasteiger partial charge >= 0.3 is 0 Å². The summed E-state index contributed by atoms with van der Waals surface area (Å²) in [6, 6.07) is 5.81. The molecule has 0 radical (unpaired) electrons. The zero-order chi connectivity index (χ0) is 12.4. The van der Waals surface area contributed by atoms with Gasteiger partial charge in [-0.25, -0.2) is 0 Å². The van der Waals surface area contributed by atoms with Gasteiger partial charge in [-0.2, -0.15) is 5.10 Å². The van der Waals surface area contributed by atoms with Crippen molar-refractivity contribution >= 4 is 11.6 Å². The predicted octanol–water partition coefficient (Wildman–Crippen LogP) is 2.99. The number of aromatic nitrogens is 2. The number of rotatable bonds is 3. The molecule has 2 N–H and O–H groups in total. The SMILES string of the molecule is CCn1ncc(-c2ccc(Cl)cc2CN)c1C. The lowest BCUT2D eigenvalue weighted by atomic mass is 10.0. The van der Waals surface area contributed by atoms with Crippen LogP contribution in [0.25, 0.3) is 11.1 Å². The van der Waals surface area contributed by atoms with Crippen molar-refractivity contribution in [1.82, 2.24) is 9.78 Å². The third kappa shape index (κ3) is 2.21. The van der Waals surface area contributed by atoms with Crippen molar-refractivity contribution in [2.75, 3.05) is 0 Å². The minimum Gasteiger partial charge on any atom is -0.326 e. The van der Waals surface area contributed by atoms with Crippen LogP contribution in [0.3, 0.4) is 0 Å². The number of nitrogens with zero attached hydrogens (tertiary/aromatic N) is 2. The van der Waals surface area contributed by atoms with Crippen LogP contribution < -0.4 is 5.73 Å². The van der Waals surface area contributed by atoms with E-state index < -0.39 is 0 Å². The van der Waals surface area contributed by atoms with Crippen molar-refractivity contribution in [3.8, 4) is 11.1 Å². The maximum atomic E-state index is 5.98. The first-order valence-electron chi connectivity index (χ1n) is 5.68. The molecule has 90 valence electrons. The summed E-state index contributed by atoms with van der Waals surface area (Å²) in [4.78, 5) is 0. The first-order valence-corrected chi connectivity index (χ1v) is 6.06. The van der Waals surface area contributed by atoms with Crippen molar-refractivity contribution in [3.05, 3.63) is 40.7 Å². The van der Waals surface area contributed by atoms with Gasteiger partial charge in [0.2, 0.25) is 0 Å². The third-order valence-corrected chi connectivity index (χ3v) is 3.22. The molecule has 0 fully saturated rings. The van der Waals surface area contributed by atoms with Crippen LogP contribution in [0.2, 0.25) is 5.02 Å². The quantitative estimate of drug-likeness (QED) is 0.909. The Hall–Kier alpha value is -1.32. The van der Waals surface area contributed by atoms with Gasteiger partial charge in [-0.3, -0.25) is 4.68 Å². The number of hydrogen-bond acceptors (Lipinski definition) is 2. The standard InChI is InChI=1S/C13H16ClN3/c1-3-17-9(2)13(8-16-17)12-5-4-11(14)6-10(12)7-15/h4-6,8H,3,7,15H2,1-2H3. The van der Waals surface area contributed by atoms with Crippen LogP contribution in [-0.4, -0.2) is 9.78 Å². The molecule has 0 aliphatic heterocycles. The minimum absolute atomic E-state index is 0.479. The first-order chi connectivity index (χ1) is 8.17. The molecule has 2 aromatic rings. The van der Waals surface area contributed by atoms with Crippen molar-refractivity contribution < 1.29 is 0 Å². The van der Waals surface area contributed by atoms with Crippen LogP contribution in [0.5, 0.6) is 0 Å². The molecule has 17 heavy (non-hydrogen) atoms. The average Bonchev–Trinajstić information content (AvgIpc) is 2.70. The number of hydrogen-bond donors (Lipinski definition) is 1. The summed E-state index contributed by atoms with van der Waals surface area (Å²) in [5, 5.41) is 5.07. The van der Waals surface area contributed by atoms with E-state index in [0.717, 1.165) is 34.0 Å². The van der Waals surface area contributed by atoms with E-state index in [9.17, 15) is 0 Å². The lowest BCUT2D eigenvalue weighted by Crippen LogP contribution is -2.01. The fraction of sp³-hybridized carbons (Fsp3) is 0.308. The van der Waals surface area contributed by atoms with Gasteiger partial charge in [0, 0.05) is 29.4 Å². The second kappa shape index (κ2) is 4.90. The molecule has 0 spiro atoms. The summed E-state index contributed by atoms with van der Waals surface area (Å²) in [5.74, 6) is 0. The molecule has 0 aliphatic carbocycles. The molecule has 0 atom stereocenters. The summed E-state index contributed by atoms with van der Waals surface area (Å²) in [5.41, 5.74) is 10.2. The molecule has 2 rings (SSSR count). The maximum Gasteiger partial charge on any atom is 0.0571 e. The van der Waals surface area contributed by atoms with Crippen molar-refractivity contribution in [3.63, 3.8) is 0 Å². The molecule has 0 saturated carbocycles. The topological polar surface area (TPSA) is 43.8 Å². The highest BCUT2D eigenvalue weighted by Gasteiger charge is 2.11. The van der Waals surface area contributed by atoms with E-state index in [2.05, 4.69) is 18.9 Å². The zero-order valence-electron chi connectivity index (χ0n) is 10.1. The molecule has 0 bridgehead atoms. The van der Waals surface area contributed by atoms with Gasteiger partial charge in [0.25, 0.3) is 0 Å². The fourth-order valence-electron chi connectivity index (χ4n) is 2.02. The summed E-state index contributed by atoms with van der Waals surface area (Å²) in [7, 11) is 0. The highest BCUT2D eigenvalue weighted by molar-refractivity contribution is 6.30. The minimum atomic E-state index is 0.479. The largest absolute Gasteiger partial charge is 0.326 e. The predicted molar refractivity (Wildman–Crippen MR) is 71.0 cm³/mol. The third-order valence-electron chi connectivity index (χ3n) is 2.98. The molecule has 0 amide bonds. The van der Waals surface area contributed by atoms with Crippen LogP contribution in [0.1, 0.15) is 18.2 Å². The van der Waals surface area contributed by atoms with E-state index in [4.69, 9.17) is 17.3 Å². The molecule has 1 aromatic heterocycles. The molecule has 0 saturated heterocycles. The molecular weight excluding hydrogens is 234 g/mol. The summed E-state index contributed by atoms with van der Waals surface area (Å²) in [6.45, 7) is 5.50. The number of aryl methyl sites for hydroxylation is 1. The van der Waals surface area contributed by atoms with Crippen molar-refractivity contribution in [2.24, 2.45) is 5.73 Å². The molecule has 1 aromatic carbocycles. The normalized spacial score (nSPS) is 10.8. The number of benzene rings is 1. The van der Waals surface area contributed by atoms with E-state index >= 15 is 0 Å². The summed E-state index contributed by atoms with van der Waals surface area (Å²) >= 11 is 5.98. The summed E-state index contributed by atoms with van der Waals surface area (Å²) < 4.78 is 1.98. The lowest BCUT2D eigenvalue weighted by Gasteiger charge is -2.08. The number of nitrogens with two attached hydrogens (primary N) is 1. The van der Waals surface area contributed by atoms with Crippen LogP contribution in [-0.2, 0) is 13.1 Å². The molecular formula is C13H16ClN3. The van der Waals surface area contributed by atoms with Crippen LogP contribution in [0, 0.1) is 6.92 Å². The van der Waals surface area contributed by atoms with Crippen LogP contribution in [0.15, 0.2) is 24.4 Å². The monoisotopic (exact) mass is 249 g/mol. The molecule has 4 heteroatoms. The Kier molecular flexibility index (Phi) is 3.50. The van der Waals surface area contributed by atoms with Gasteiger partial charge in [-0.15, -0.1) is 0 Å². The van der Waals surface area contributed by atoms with E-state index in [0.29, 0.717) is 6.54 Å². The second-order valence-corrected chi connectivity index (χ2v) is 4.40. The fourth-order valence-corrected chi connectivity index (χ4v) is 2.22. The molecule has 3 nitrogen and oxygen atoms in total. The highest BCUT2D eigenvalue weighted by Crippen LogP contribution is 2.28. The van der Waals surface area contributed by atoms with E-state index in [1.165, 1.54) is 0 Å². The molecule has 1 heterocycles. The Morgan fingerprint density at radius 2 is 2.12 bits per heavy atom. The van der Waals surface area contributed by atoms with Gasteiger partial charge in [0.1, 0.15) is 0 Å². The zero-order valence-corrected chi connectivity index (χ0v) is 10.8. The van der Waals surface area contributed by atoms with E-state index in [1.807, 2.05) is 29.1 Å². The first kappa shape index (κ1) is 12.1. The van der Waals surface area contributed by atoms with Gasteiger partial charge in [-0.05, 0) is 37.1 Å². The smallest absolute Gasteiger partial charge is 0.0571 e. The summed E-state index contributed by atoms with van der Waals surface area (Å²) in [6.07, 6.45) is 1.89. The van der Waals surface area contributed by atoms with Crippen LogP contribution >= 0.6 is 11.6 Å². The Balaban J connectivity index is 2.56. The average molecular weight is 250 g/mol. The van der Waals surface area contributed by atoms with Gasteiger partial charge in [0.15, 0.2) is 0 Å². The Morgan fingerprint density at radius 1 is 1.35 bits per heavy atom. The molecule has 0 aliphatic rings. The van der Waals surface area contributed by atoms with Crippen molar-refractivity contribution in [1.29, 1.82) is 0 Å².